The minimum Gasteiger partial charge on any atom is -0.480 e. The number of fused-ring (bicyclic) bond motifs is 1. The quantitative estimate of drug-likeness (QED) is 0.876. The Labute approximate surface area is 129 Å². The first kappa shape index (κ1) is 16.4. The summed E-state index contributed by atoms with van der Waals surface area (Å²) >= 11 is 0. The van der Waals surface area contributed by atoms with E-state index in [-0.39, 0.29) is 10.8 Å². The fourth-order valence-electron chi connectivity index (χ4n) is 2.57. The van der Waals surface area contributed by atoms with Crippen molar-refractivity contribution in [2.24, 2.45) is 0 Å². The summed E-state index contributed by atoms with van der Waals surface area (Å²) in [5.41, 5.74) is 0.459. The molecule has 1 aliphatic rings. The number of rotatable bonds is 4. The summed E-state index contributed by atoms with van der Waals surface area (Å²) in [6.45, 7) is 2.84. The van der Waals surface area contributed by atoms with E-state index in [1.807, 2.05) is 0 Å². The average molecular weight is 326 g/mol. The Bertz CT molecular complexity index is 754. The molecule has 120 valence electrons. The number of aliphatic carboxylic acids is 1. The van der Waals surface area contributed by atoms with Gasteiger partial charge in [-0.3, -0.25) is 9.59 Å². The minimum atomic E-state index is -3.92. The molecule has 1 aliphatic heterocycles. The lowest BCUT2D eigenvalue weighted by Crippen LogP contribution is -2.33. The maximum absolute atomic E-state index is 12.4. The van der Waals surface area contributed by atoms with E-state index in [0.717, 1.165) is 4.31 Å². The average Bonchev–Trinajstić information content (AvgIpc) is 2.59. The highest BCUT2D eigenvalue weighted by atomic mass is 32.2. The molecule has 2 rings (SSSR count). The zero-order valence-corrected chi connectivity index (χ0v) is 13.6. The third-order valence-corrected chi connectivity index (χ3v) is 5.71. The normalized spacial score (nSPS) is 17.0. The third-order valence-electron chi connectivity index (χ3n) is 3.91. The molecular weight excluding hydrogens is 308 g/mol. The fourth-order valence-corrected chi connectivity index (χ4v) is 3.72. The van der Waals surface area contributed by atoms with Crippen molar-refractivity contribution in [2.75, 3.05) is 25.5 Å². The van der Waals surface area contributed by atoms with Gasteiger partial charge in [0, 0.05) is 19.8 Å². The largest absolute Gasteiger partial charge is 0.480 e. The Morgan fingerprint density at radius 1 is 1.36 bits per heavy atom. The van der Waals surface area contributed by atoms with E-state index in [1.165, 1.54) is 24.1 Å². The molecule has 0 aliphatic carbocycles. The third kappa shape index (κ3) is 2.38. The summed E-state index contributed by atoms with van der Waals surface area (Å²) in [5, 5.41) is 8.74. The van der Waals surface area contributed by atoms with Crippen molar-refractivity contribution >= 4 is 27.6 Å². The van der Waals surface area contributed by atoms with Gasteiger partial charge in [-0.1, -0.05) is 0 Å². The van der Waals surface area contributed by atoms with Gasteiger partial charge in [0.25, 0.3) is 0 Å². The van der Waals surface area contributed by atoms with Crippen LogP contribution in [-0.4, -0.2) is 50.3 Å². The predicted molar refractivity (Wildman–Crippen MR) is 80.3 cm³/mol. The number of benzene rings is 1. The number of hydrogen-bond acceptors (Lipinski definition) is 4. The summed E-state index contributed by atoms with van der Waals surface area (Å²) in [7, 11) is -1.07. The molecule has 0 radical (unpaired) electrons. The first-order chi connectivity index (χ1) is 9.99. The van der Waals surface area contributed by atoms with Gasteiger partial charge in [-0.15, -0.1) is 0 Å². The highest BCUT2D eigenvalue weighted by Gasteiger charge is 2.43. The van der Waals surface area contributed by atoms with E-state index in [1.54, 1.807) is 27.0 Å². The lowest BCUT2D eigenvalue weighted by Gasteiger charge is -2.18. The van der Waals surface area contributed by atoms with E-state index >= 15 is 0 Å². The molecular formula is C14H18N2O5S. The second-order valence-electron chi connectivity index (χ2n) is 5.82. The van der Waals surface area contributed by atoms with Crippen LogP contribution in [0.4, 0.5) is 5.69 Å². The molecule has 0 bridgehead atoms. The standard InChI is InChI=1S/C14H18N2O5S/c1-14(2)10-7-9(5-6-11(10)16(4)13(14)19)22(20,21)15(3)8-12(17)18/h5-7H,8H2,1-4H3,(H,17,18). The van der Waals surface area contributed by atoms with Gasteiger partial charge in [-0.2, -0.15) is 4.31 Å². The van der Waals surface area contributed by atoms with E-state index < -0.39 is 28.0 Å². The summed E-state index contributed by atoms with van der Waals surface area (Å²) in [5.74, 6) is -1.35. The van der Waals surface area contributed by atoms with Gasteiger partial charge in [0.1, 0.15) is 6.54 Å². The smallest absolute Gasteiger partial charge is 0.318 e. The number of anilines is 1. The van der Waals surface area contributed by atoms with Crippen LogP contribution in [0.2, 0.25) is 0 Å². The maximum Gasteiger partial charge on any atom is 0.318 e. The van der Waals surface area contributed by atoms with Crippen LogP contribution in [0, 0.1) is 0 Å². The van der Waals surface area contributed by atoms with Crippen molar-refractivity contribution < 1.29 is 23.1 Å². The zero-order valence-electron chi connectivity index (χ0n) is 12.8. The van der Waals surface area contributed by atoms with Crippen LogP contribution in [0.15, 0.2) is 23.1 Å². The first-order valence-electron chi connectivity index (χ1n) is 6.60. The number of nitrogens with zero attached hydrogens (tertiary/aromatic N) is 2. The number of carboxylic acids is 1. The predicted octanol–water partition coefficient (Wildman–Crippen LogP) is 0.646. The molecule has 1 aromatic rings. The second kappa shape index (κ2) is 5.06. The van der Waals surface area contributed by atoms with Crippen LogP contribution in [-0.2, 0) is 25.0 Å². The lowest BCUT2D eigenvalue weighted by atomic mass is 9.86. The Morgan fingerprint density at radius 2 is 1.95 bits per heavy atom. The molecule has 22 heavy (non-hydrogen) atoms. The van der Waals surface area contributed by atoms with Crippen molar-refractivity contribution in [3.63, 3.8) is 0 Å². The molecule has 1 heterocycles. The SMILES string of the molecule is CN1C(=O)C(C)(C)c2cc(S(=O)(=O)N(C)CC(=O)O)ccc21. The summed E-state index contributed by atoms with van der Waals surface area (Å²) in [6, 6.07) is 4.41. The van der Waals surface area contributed by atoms with Gasteiger partial charge in [0.2, 0.25) is 15.9 Å². The molecule has 1 amide bonds. The summed E-state index contributed by atoms with van der Waals surface area (Å²) in [6.07, 6.45) is 0. The molecule has 0 saturated heterocycles. The summed E-state index contributed by atoms with van der Waals surface area (Å²) in [4.78, 5) is 24.4. The van der Waals surface area contributed by atoms with E-state index in [2.05, 4.69) is 0 Å². The van der Waals surface area contributed by atoms with Crippen molar-refractivity contribution in [3.05, 3.63) is 23.8 Å². The molecule has 0 spiro atoms. The molecule has 0 saturated carbocycles. The van der Waals surface area contributed by atoms with Crippen LogP contribution in [0.25, 0.3) is 0 Å². The van der Waals surface area contributed by atoms with Crippen molar-refractivity contribution in [2.45, 2.75) is 24.2 Å². The number of carbonyl (C=O) groups is 2. The summed E-state index contributed by atoms with van der Waals surface area (Å²) < 4.78 is 25.6. The number of carboxylic acid groups (broad SMARTS) is 1. The molecule has 8 heteroatoms. The molecule has 1 N–H and O–H groups in total. The first-order valence-corrected chi connectivity index (χ1v) is 8.04. The number of likely N-dealkylation sites (N-methyl/N-ethyl adjacent to an activating group) is 2. The van der Waals surface area contributed by atoms with Gasteiger partial charge in [-0.25, -0.2) is 8.42 Å². The highest BCUT2D eigenvalue weighted by Crippen LogP contribution is 2.41. The van der Waals surface area contributed by atoms with Gasteiger partial charge in [0.05, 0.1) is 10.3 Å². The van der Waals surface area contributed by atoms with Crippen LogP contribution in [0.1, 0.15) is 19.4 Å². The van der Waals surface area contributed by atoms with Crippen molar-refractivity contribution in [1.29, 1.82) is 0 Å². The number of carbonyl (C=O) groups excluding carboxylic acids is 1. The molecule has 7 nitrogen and oxygen atoms in total. The van der Waals surface area contributed by atoms with Crippen LogP contribution >= 0.6 is 0 Å². The lowest BCUT2D eigenvalue weighted by molar-refractivity contribution is -0.137. The molecule has 0 aromatic heterocycles. The maximum atomic E-state index is 12.4. The van der Waals surface area contributed by atoms with Crippen LogP contribution in [0.5, 0.6) is 0 Å². The van der Waals surface area contributed by atoms with Gasteiger partial charge < -0.3 is 10.0 Å². The second-order valence-corrected chi connectivity index (χ2v) is 7.87. The number of amides is 1. The van der Waals surface area contributed by atoms with Crippen LogP contribution < -0.4 is 4.90 Å². The molecule has 0 fully saturated rings. The molecule has 1 aromatic carbocycles. The minimum absolute atomic E-state index is 0.0221. The number of hydrogen-bond donors (Lipinski definition) is 1. The highest BCUT2D eigenvalue weighted by molar-refractivity contribution is 7.89. The fraction of sp³-hybridized carbons (Fsp3) is 0.429. The topological polar surface area (TPSA) is 95.0 Å². The Hall–Kier alpha value is -1.93. The van der Waals surface area contributed by atoms with Crippen molar-refractivity contribution in [3.8, 4) is 0 Å². The van der Waals surface area contributed by atoms with Gasteiger partial charge >= 0.3 is 5.97 Å². The van der Waals surface area contributed by atoms with Gasteiger partial charge in [-0.05, 0) is 37.6 Å². The van der Waals surface area contributed by atoms with E-state index in [9.17, 15) is 18.0 Å². The monoisotopic (exact) mass is 326 g/mol. The molecule has 0 atom stereocenters. The Morgan fingerprint density at radius 3 is 2.50 bits per heavy atom. The Kier molecular flexibility index (Phi) is 3.78. The van der Waals surface area contributed by atoms with E-state index in [0.29, 0.717) is 11.3 Å². The number of sulfonamides is 1. The van der Waals surface area contributed by atoms with Gasteiger partial charge in [0.15, 0.2) is 0 Å². The van der Waals surface area contributed by atoms with Crippen molar-refractivity contribution in [1.82, 2.24) is 4.31 Å². The van der Waals surface area contributed by atoms with Crippen LogP contribution in [0.3, 0.4) is 0 Å². The molecule has 0 unspecified atom stereocenters. The van der Waals surface area contributed by atoms with E-state index in [4.69, 9.17) is 5.11 Å². The zero-order chi connectivity index (χ0) is 16.9. The Balaban J connectivity index is 2.52.